The predicted octanol–water partition coefficient (Wildman–Crippen LogP) is 4.77. The molecule has 0 aliphatic heterocycles. The summed E-state index contributed by atoms with van der Waals surface area (Å²) in [5.41, 5.74) is 1.03. The molecule has 1 N–H and O–H groups in total. The molecule has 9 heteroatoms. The Morgan fingerprint density at radius 3 is 2.55 bits per heavy atom. The number of carbonyl (C=O) groups excluding carboxylic acids is 2. The first-order valence-corrected chi connectivity index (χ1v) is 12.6. The lowest BCUT2D eigenvalue weighted by molar-refractivity contribution is -0.128. The van der Waals surface area contributed by atoms with E-state index in [1.165, 1.54) is 18.2 Å². The topological polar surface area (TPSA) is 113 Å². The smallest absolute Gasteiger partial charge is 0.349 e. The molecule has 40 heavy (non-hydrogen) atoms. The Balaban J connectivity index is 1.38. The summed E-state index contributed by atoms with van der Waals surface area (Å²) in [5.74, 6) is 0.135. The number of esters is 1. The lowest BCUT2D eigenvalue weighted by atomic mass is 10.1. The van der Waals surface area contributed by atoms with Crippen LogP contribution in [0.4, 0.5) is 0 Å². The average Bonchev–Trinajstić information content (AvgIpc) is 2.97. The van der Waals surface area contributed by atoms with Gasteiger partial charge in [-0.2, -0.15) is 0 Å². The Morgan fingerprint density at radius 1 is 0.950 bits per heavy atom. The van der Waals surface area contributed by atoms with Crippen LogP contribution in [0.1, 0.15) is 27.9 Å². The van der Waals surface area contributed by atoms with E-state index in [0.29, 0.717) is 48.6 Å². The number of nitrogens with one attached hydrogen (secondary N) is 1. The van der Waals surface area contributed by atoms with Crippen LogP contribution in [-0.4, -0.2) is 39.2 Å². The summed E-state index contributed by atoms with van der Waals surface area (Å²) in [5, 5.41) is 3.17. The van der Waals surface area contributed by atoms with Gasteiger partial charge in [0.15, 0.2) is 11.5 Å². The lowest BCUT2D eigenvalue weighted by Gasteiger charge is -2.11. The van der Waals surface area contributed by atoms with E-state index in [-0.39, 0.29) is 16.9 Å². The molecule has 0 spiro atoms. The SMILES string of the molecule is COCCCNC(=O)c1cc2ccc(OC(=O)/C=C/c3ccc(OCc4ccccc4)c(OC)c3)cc2oc1=O. The van der Waals surface area contributed by atoms with Crippen LogP contribution in [0.2, 0.25) is 0 Å². The molecule has 0 fully saturated rings. The average molecular weight is 544 g/mol. The number of amides is 1. The molecule has 4 rings (SSSR count). The van der Waals surface area contributed by atoms with Gasteiger partial charge in [0.1, 0.15) is 23.5 Å². The quantitative estimate of drug-likeness (QED) is 0.0894. The highest BCUT2D eigenvalue weighted by Gasteiger charge is 2.14. The fourth-order valence-electron chi connectivity index (χ4n) is 3.78. The van der Waals surface area contributed by atoms with Crippen LogP contribution < -0.4 is 25.2 Å². The van der Waals surface area contributed by atoms with Crippen LogP contribution in [0.15, 0.2) is 88.1 Å². The molecule has 0 radical (unpaired) electrons. The van der Waals surface area contributed by atoms with E-state index in [1.54, 1.807) is 50.6 Å². The highest BCUT2D eigenvalue weighted by molar-refractivity contribution is 5.97. The monoisotopic (exact) mass is 543 g/mol. The summed E-state index contributed by atoms with van der Waals surface area (Å²) in [7, 11) is 3.12. The van der Waals surface area contributed by atoms with Crippen molar-refractivity contribution in [3.8, 4) is 17.2 Å². The zero-order chi connectivity index (χ0) is 28.3. The van der Waals surface area contributed by atoms with E-state index in [0.717, 1.165) is 5.56 Å². The number of ether oxygens (including phenoxy) is 4. The molecule has 0 aliphatic carbocycles. The number of fused-ring (bicyclic) bond motifs is 1. The Kier molecular flexibility index (Phi) is 9.68. The first-order valence-electron chi connectivity index (χ1n) is 12.6. The zero-order valence-corrected chi connectivity index (χ0v) is 22.2. The maximum atomic E-state index is 12.4. The molecule has 1 heterocycles. The molecule has 3 aromatic carbocycles. The number of hydrogen-bond donors (Lipinski definition) is 1. The van der Waals surface area contributed by atoms with Crippen molar-refractivity contribution in [2.45, 2.75) is 13.0 Å². The maximum absolute atomic E-state index is 12.4. The third-order valence-corrected chi connectivity index (χ3v) is 5.82. The van der Waals surface area contributed by atoms with E-state index in [1.807, 2.05) is 30.3 Å². The third-order valence-electron chi connectivity index (χ3n) is 5.82. The van der Waals surface area contributed by atoms with E-state index >= 15 is 0 Å². The van der Waals surface area contributed by atoms with Gasteiger partial charge in [-0.3, -0.25) is 4.79 Å². The molecular weight excluding hydrogens is 514 g/mol. The Labute approximate surface area is 230 Å². The summed E-state index contributed by atoms with van der Waals surface area (Å²) < 4.78 is 26.9. The second-order valence-electron chi connectivity index (χ2n) is 8.69. The molecule has 0 atom stereocenters. The van der Waals surface area contributed by atoms with Crippen LogP contribution in [0.25, 0.3) is 17.0 Å². The van der Waals surface area contributed by atoms with Gasteiger partial charge < -0.3 is 28.7 Å². The van der Waals surface area contributed by atoms with Gasteiger partial charge >= 0.3 is 11.6 Å². The molecule has 0 saturated carbocycles. The fraction of sp³-hybridized carbons (Fsp3) is 0.194. The molecule has 206 valence electrons. The highest BCUT2D eigenvalue weighted by atomic mass is 16.5. The van der Waals surface area contributed by atoms with Crippen LogP contribution >= 0.6 is 0 Å². The number of rotatable bonds is 12. The van der Waals surface area contributed by atoms with E-state index in [2.05, 4.69) is 5.32 Å². The van der Waals surface area contributed by atoms with E-state index in [4.69, 9.17) is 23.4 Å². The number of methoxy groups -OCH3 is 2. The Morgan fingerprint density at radius 2 is 1.77 bits per heavy atom. The largest absolute Gasteiger partial charge is 0.493 e. The predicted molar refractivity (Wildman–Crippen MR) is 150 cm³/mol. The maximum Gasteiger partial charge on any atom is 0.349 e. The van der Waals surface area contributed by atoms with Crippen molar-refractivity contribution in [2.24, 2.45) is 0 Å². The van der Waals surface area contributed by atoms with Crippen LogP contribution in [0.3, 0.4) is 0 Å². The van der Waals surface area contributed by atoms with Gasteiger partial charge in [0.25, 0.3) is 5.91 Å². The highest BCUT2D eigenvalue weighted by Crippen LogP contribution is 2.29. The van der Waals surface area contributed by atoms with Gasteiger partial charge in [0.05, 0.1) is 7.11 Å². The normalized spacial score (nSPS) is 10.9. The molecule has 0 unspecified atom stereocenters. The van der Waals surface area contributed by atoms with Crippen LogP contribution in [-0.2, 0) is 16.1 Å². The number of hydrogen-bond acceptors (Lipinski definition) is 8. The molecule has 9 nitrogen and oxygen atoms in total. The van der Waals surface area contributed by atoms with E-state index < -0.39 is 17.5 Å². The molecule has 0 bridgehead atoms. The van der Waals surface area contributed by atoms with Gasteiger partial charge in [-0.05, 0) is 54.0 Å². The van der Waals surface area contributed by atoms with Gasteiger partial charge in [-0.25, -0.2) is 9.59 Å². The molecule has 1 amide bonds. The lowest BCUT2D eigenvalue weighted by Crippen LogP contribution is -2.29. The minimum Gasteiger partial charge on any atom is -0.493 e. The molecular formula is C31H29NO8. The third kappa shape index (κ3) is 7.58. The van der Waals surface area contributed by atoms with Gasteiger partial charge in [-0.15, -0.1) is 0 Å². The van der Waals surface area contributed by atoms with Crippen molar-refractivity contribution in [1.82, 2.24) is 5.32 Å². The molecule has 0 aliphatic rings. The Bertz CT molecular complexity index is 1560. The summed E-state index contributed by atoms with van der Waals surface area (Å²) in [4.78, 5) is 37.1. The minimum atomic E-state index is -0.787. The fourth-order valence-corrected chi connectivity index (χ4v) is 3.78. The standard InChI is InChI=1S/C31H29NO8/c1-36-16-6-15-32-30(34)25-18-23-11-12-24(19-27(23)40-31(25)35)39-29(33)14-10-21-9-13-26(28(17-21)37-2)38-20-22-7-4-3-5-8-22/h3-5,7-14,17-19H,6,15-16,20H2,1-2H3,(H,32,34)/b14-10+. The molecule has 4 aromatic rings. The van der Waals surface area contributed by atoms with Gasteiger partial charge in [0.2, 0.25) is 0 Å². The summed E-state index contributed by atoms with van der Waals surface area (Å²) >= 11 is 0. The van der Waals surface area contributed by atoms with Crippen molar-refractivity contribution < 1.29 is 33.0 Å². The van der Waals surface area contributed by atoms with Crippen LogP contribution in [0, 0.1) is 0 Å². The first-order chi connectivity index (χ1) is 19.5. The molecule has 1 aromatic heterocycles. The van der Waals surface area contributed by atoms with Gasteiger partial charge in [0, 0.05) is 37.8 Å². The minimum absolute atomic E-state index is 0.107. The summed E-state index contributed by atoms with van der Waals surface area (Å²) in [6, 6.07) is 21.1. The second kappa shape index (κ2) is 13.8. The number of carbonyl (C=O) groups is 2. The number of benzene rings is 3. The molecule has 0 saturated heterocycles. The summed E-state index contributed by atoms with van der Waals surface area (Å²) in [6.45, 7) is 1.26. The first kappa shape index (κ1) is 28.1. The van der Waals surface area contributed by atoms with Crippen molar-refractivity contribution in [3.05, 3.63) is 106 Å². The van der Waals surface area contributed by atoms with Crippen molar-refractivity contribution >= 4 is 28.9 Å². The van der Waals surface area contributed by atoms with Crippen molar-refractivity contribution in [1.29, 1.82) is 0 Å². The van der Waals surface area contributed by atoms with Crippen LogP contribution in [0.5, 0.6) is 17.2 Å². The van der Waals surface area contributed by atoms with Gasteiger partial charge in [-0.1, -0.05) is 36.4 Å². The summed E-state index contributed by atoms with van der Waals surface area (Å²) in [6.07, 6.45) is 3.48. The zero-order valence-electron chi connectivity index (χ0n) is 22.2. The van der Waals surface area contributed by atoms with Crippen molar-refractivity contribution in [2.75, 3.05) is 27.4 Å². The second-order valence-corrected chi connectivity index (χ2v) is 8.69. The Hall–Kier alpha value is -4.89. The van der Waals surface area contributed by atoms with Crippen molar-refractivity contribution in [3.63, 3.8) is 0 Å². The van der Waals surface area contributed by atoms with E-state index in [9.17, 15) is 14.4 Å².